The third kappa shape index (κ3) is 5.15. The summed E-state index contributed by atoms with van der Waals surface area (Å²) in [5.74, 6) is -0.229. The van der Waals surface area contributed by atoms with Crippen LogP contribution in [0.5, 0.6) is 0 Å². The van der Waals surface area contributed by atoms with Crippen LogP contribution in [0.1, 0.15) is 59.4 Å². The first-order valence-corrected chi connectivity index (χ1v) is 12.6. The second kappa shape index (κ2) is 9.94. The Balaban J connectivity index is 1.69. The Morgan fingerprint density at radius 2 is 2.06 bits per heavy atom. The molecule has 2 N–H and O–H groups in total. The number of rotatable bonds is 10. The van der Waals surface area contributed by atoms with E-state index in [-0.39, 0.29) is 24.2 Å². The maximum absolute atomic E-state index is 11.1. The van der Waals surface area contributed by atoms with Gasteiger partial charge in [-0.25, -0.2) is 19.4 Å². The van der Waals surface area contributed by atoms with Crippen LogP contribution in [0.3, 0.4) is 0 Å². The molecule has 1 aliphatic heterocycles. The summed E-state index contributed by atoms with van der Waals surface area (Å²) in [6, 6.07) is -0.187. The molecule has 2 aromatic rings. The lowest BCUT2D eigenvalue weighted by Gasteiger charge is -2.22. The molecule has 2 aromatic heterocycles. The lowest BCUT2D eigenvalue weighted by atomic mass is 10.0. The van der Waals surface area contributed by atoms with Crippen LogP contribution in [0.25, 0.3) is 11.2 Å². The van der Waals surface area contributed by atoms with Gasteiger partial charge in [-0.05, 0) is 33.6 Å². The number of carbonyl (C=O) groups is 1. The van der Waals surface area contributed by atoms with E-state index in [2.05, 4.69) is 27.5 Å². The van der Waals surface area contributed by atoms with E-state index in [1.807, 2.05) is 25.5 Å². The number of thioether (sulfide) groups is 1. The molecule has 4 atom stereocenters. The summed E-state index contributed by atoms with van der Waals surface area (Å²) in [5.41, 5.74) is 1.27. The van der Waals surface area contributed by atoms with Crippen LogP contribution in [-0.2, 0) is 14.3 Å². The molecule has 2 fully saturated rings. The highest BCUT2D eigenvalue weighted by atomic mass is 32.2. The highest BCUT2D eigenvalue weighted by Gasteiger charge is 2.54. The maximum Gasteiger partial charge on any atom is 0.327 e. The summed E-state index contributed by atoms with van der Waals surface area (Å²) >= 11 is 1.64. The zero-order chi connectivity index (χ0) is 23.6. The number of aromatic nitrogens is 5. The van der Waals surface area contributed by atoms with Gasteiger partial charge in [-0.2, -0.15) is 0 Å². The van der Waals surface area contributed by atoms with Gasteiger partial charge < -0.3 is 19.9 Å². The number of fused-ring (bicyclic) bond motifs is 2. The highest BCUT2D eigenvalue weighted by molar-refractivity contribution is 7.99. The number of aliphatic carboxylic acids is 1. The molecule has 4 unspecified atom stereocenters. The van der Waals surface area contributed by atoms with E-state index in [0.29, 0.717) is 35.1 Å². The Labute approximate surface area is 197 Å². The van der Waals surface area contributed by atoms with Crippen molar-refractivity contribution in [1.29, 1.82) is 0 Å². The second-order valence-electron chi connectivity index (χ2n) is 8.88. The Kier molecular flexibility index (Phi) is 7.20. The molecule has 2 aliphatic rings. The van der Waals surface area contributed by atoms with Crippen LogP contribution in [0, 0.1) is 5.92 Å². The molecule has 180 valence electrons. The zero-order valence-electron chi connectivity index (χ0n) is 19.5. The van der Waals surface area contributed by atoms with E-state index < -0.39 is 11.8 Å². The van der Waals surface area contributed by atoms with Gasteiger partial charge >= 0.3 is 5.97 Å². The summed E-state index contributed by atoms with van der Waals surface area (Å²) in [4.78, 5) is 20.6. The molecule has 1 aliphatic carbocycles. The highest BCUT2D eigenvalue weighted by Crippen LogP contribution is 2.47. The van der Waals surface area contributed by atoms with Crippen molar-refractivity contribution >= 4 is 34.7 Å². The van der Waals surface area contributed by atoms with Gasteiger partial charge in [0.15, 0.2) is 27.9 Å². The van der Waals surface area contributed by atoms with E-state index in [9.17, 15) is 4.79 Å². The van der Waals surface area contributed by atoms with Crippen molar-refractivity contribution in [3.05, 3.63) is 12.2 Å². The van der Waals surface area contributed by atoms with E-state index in [1.165, 1.54) is 18.9 Å². The van der Waals surface area contributed by atoms with E-state index in [0.717, 1.165) is 12.2 Å². The van der Waals surface area contributed by atoms with Crippen LogP contribution < -0.4 is 5.32 Å². The fraction of sp³-hybridized carbons (Fsp3) is 0.682. The number of ether oxygens (including phenoxy) is 2. The van der Waals surface area contributed by atoms with Crippen molar-refractivity contribution in [3.63, 3.8) is 0 Å². The van der Waals surface area contributed by atoms with Crippen molar-refractivity contribution in [1.82, 2.24) is 25.0 Å². The molecule has 3 heterocycles. The Hall–Kier alpha value is -2.24. The van der Waals surface area contributed by atoms with Crippen molar-refractivity contribution in [3.8, 4) is 0 Å². The predicted molar refractivity (Wildman–Crippen MR) is 125 cm³/mol. The third-order valence-corrected chi connectivity index (χ3v) is 6.84. The SMILES string of the molecule is CCCCCSc1nc(NCC)c2nnn(C3CC(C=CC(=O)O)C4OC(C)(C)OC43)c2n1. The molecular weight excluding hydrogens is 444 g/mol. The monoisotopic (exact) mass is 476 g/mol. The van der Waals surface area contributed by atoms with Gasteiger partial charge in [0.25, 0.3) is 0 Å². The minimum absolute atomic E-state index is 0.116. The molecule has 0 aromatic carbocycles. The molecule has 1 saturated carbocycles. The Morgan fingerprint density at radius 1 is 1.27 bits per heavy atom. The second-order valence-corrected chi connectivity index (χ2v) is 9.94. The number of hydrogen-bond donors (Lipinski definition) is 2. The summed E-state index contributed by atoms with van der Waals surface area (Å²) in [6.07, 6.45) is 6.39. The van der Waals surface area contributed by atoms with Gasteiger partial charge in [0.2, 0.25) is 0 Å². The fourth-order valence-corrected chi connectivity index (χ4v) is 5.37. The first-order chi connectivity index (χ1) is 15.8. The number of nitrogens with one attached hydrogen (secondary N) is 1. The molecule has 0 amide bonds. The average Bonchev–Trinajstić information content (AvgIpc) is 3.41. The normalized spacial score (nSPS) is 26.3. The van der Waals surface area contributed by atoms with Crippen molar-refractivity contribution < 1.29 is 19.4 Å². The molecule has 4 rings (SSSR count). The molecule has 1 saturated heterocycles. The molecule has 33 heavy (non-hydrogen) atoms. The largest absolute Gasteiger partial charge is 0.478 e. The number of nitrogens with zero attached hydrogens (tertiary/aromatic N) is 5. The van der Waals surface area contributed by atoms with Gasteiger partial charge in [0.1, 0.15) is 6.10 Å². The van der Waals surface area contributed by atoms with Crippen LogP contribution >= 0.6 is 11.8 Å². The van der Waals surface area contributed by atoms with E-state index >= 15 is 0 Å². The van der Waals surface area contributed by atoms with Crippen LogP contribution in [0.2, 0.25) is 0 Å². The molecule has 10 nitrogen and oxygen atoms in total. The number of hydrogen-bond acceptors (Lipinski definition) is 9. The zero-order valence-corrected chi connectivity index (χ0v) is 20.3. The van der Waals surface area contributed by atoms with Crippen LogP contribution in [0.15, 0.2) is 17.3 Å². The molecule has 0 radical (unpaired) electrons. The van der Waals surface area contributed by atoms with Gasteiger partial charge in [-0.3, -0.25) is 0 Å². The van der Waals surface area contributed by atoms with Crippen molar-refractivity contribution in [2.45, 2.75) is 82.6 Å². The minimum Gasteiger partial charge on any atom is -0.478 e. The number of anilines is 1. The van der Waals surface area contributed by atoms with Crippen LogP contribution in [-0.4, -0.2) is 66.3 Å². The summed E-state index contributed by atoms with van der Waals surface area (Å²) in [6.45, 7) is 8.65. The minimum atomic E-state index is -0.979. The van der Waals surface area contributed by atoms with Gasteiger partial charge in [0.05, 0.1) is 12.1 Å². The smallest absolute Gasteiger partial charge is 0.327 e. The molecular formula is C22H32N6O4S. The third-order valence-electron chi connectivity index (χ3n) is 5.91. The molecule has 0 bridgehead atoms. The van der Waals surface area contributed by atoms with Crippen LogP contribution in [0.4, 0.5) is 5.82 Å². The lowest BCUT2D eigenvalue weighted by molar-refractivity contribution is -0.158. The number of unbranched alkanes of at least 4 members (excludes halogenated alkanes) is 2. The first kappa shape index (κ1) is 23.9. The average molecular weight is 477 g/mol. The summed E-state index contributed by atoms with van der Waals surface area (Å²) < 4.78 is 14.2. The predicted octanol–water partition coefficient (Wildman–Crippen LogP) is 3.66. The van der Waals surface area contributed by atoms with Crippen molar-refractivity contribution in [2.75, 3.05) is 17.6 Å². The molecule has 0 spiro atoms. The topological polar surface area (TPSA) is 124 Å². The van der Waals surface area contributed by atoms with Gasteiger partial charge in [0, 0.05) is 24.3 Å². The summed E-state index contributed by atoms with van der Waals surface area (Å²) in [7, 11) is 0. The van der Waals surface area contributed by atoms with E-state index in [4.69, 9.17) is 19.6 Å². The van der Waals surface area contributed by atoms with Crippen molar-refractivity contribution in [2.24, 2.45) is 5.92 Å². The first-order valence-electron chi connectivity index (χ1n) is 11.6. The quantitative estimate of drug-likeness (QED) is 0.227. The Bertz CT molecular complexity index is 1030. The fourth-order valence-electron chi connectivity index (χ4n) is 4.53. The maximum atomic E-state index is 11.1. The number of carboxylic acid groups (broad SMARTS) is 1. The molecule has 11 heteroatoms. The van der Waals surface area contributed by atoms with Gasteiger partial charge in [-0.15, -0.1) is 5.10 Å². The number of carboxylic acids is 1. The lowest BCUT2D eigenvalue weighted by Crippen LogP contribution is -2.28. The van der Waals surface area contributed by atoms with Gasteiger partial charge in [-0.1, -0.05) is 42.8 Å². The standard InChI is InChI=1S/C22H32N6O4S/c1-5-7-8-11-33-21-24-19(23-6-2)16-20(25-21)28(27-26-16)14-12-13(9-10-15(29)30)17-18(14)32-22(3,4)31-17/h9-10,13-14,17-18H,5-8,11-12H2,1-4H3,(H,29,30)(H,23,24,25). The van der Waals surface area contributed by atoms with E-state index in [1.54, 1.807) is 17.8 Å². The Morgan fingerprint density at radius 3 is 2.79 bits per heavy atom. The summed E-state index contributed by atoms with van der Waals surface area (Å²) in [5, 5.41) is 21.9.